The maximum atomic E-state index is 12.3. The van der Waals surface area contributed by atoms with Gasteiger partial charge in [-0.3, -0.25) is 14.7 Å². The number of aromatic hydroxyl groups is 1. The lowest BCUT2D eigenvalue weighted by Crippen LogP contribution is -2.30. The van der Waals surface area contributed by atoms with Crippen molar-refractivity contribution in [1.29, 1.82) is 0 Å². The molecule has 6 nitrogen and oxygen atoms in total. The Labute approximate surface area is 152 Å². The summed E-state index contributed by atoms with van der Waals surface area (Å²) in [6.07, 6.45) is 5.40. The molecular weight excluding hydrogens is 330 g/mol. The van der Waals surface area contributed by atoms with E-state index in [9.17, 15) is 9.90 Å². The van der Waals surface area contributed by atoms with Crippen molar-refractivity contribution in [1.82, 2.24) is 14.9 Å². The number of aryl methyl sites for hydroxylation is 1. The smallest absolute Gasteiger partial charge is 0.195 e. The summed E-state index contributed by atoms with van der Waals surface area (Å²) in [6, 6.07) is 7.02. The molecule has 2 fully saturated rings. The molecule has 2 aromatic heterocycles. The van der Waals surface area contributed by atoms with Gasteiger partial charge in [0, 0.05) is 18.8 Å². The highest BCUT2D eigenvalue weighted by molar-refractivity contribution is 5.95. The molecule has 1 aliphatic carbocycles. The Balaban J connectivity index is 1.28. The lowest BCUT2D eigenvalue weighted by atomic mass is 10.0. The van der Waals surface area contributed by atoms with Crippen LogP contribution in [0.25, 0.3) is 0 Å². The van der Waals surface area contributed by atoms with Gasteiger partial charge >= 0.3 is 0 Å². The van der Waals surface area contributed by atoms with Crippen molar-refractivity contribution in [2.75, 3.05) is 19.6 Å². The second-order valence-corrected chi connectivity index (χ2v) is 7.39. The lowest BCUT2D eigenvalue weighted by Gasteiger charge is -2.19. The molecule has 1 aliphatic heterocycles. The van der Waals surface area contributed by atoms with Gasteiger partial charge in [0.05, 0.1) is 25.0 Å². The van der Waals surface area contributed by atoms with Crippen LogP contribution in [-0.2, 0) is 0 Å². The van der Waals surface area contributed by atoms with Crippen molar-refractivity contribution in [2.45, 2.75) is 25.9 Å². The summed E-state index contributed by atoms with van der Waals surface area (Å²) in [4.78, 5) is 22.9. The van der Waals surface area contributed by atoms with Crippen LogP contribution in [0.5, 0.6) is 11.5 Å². The van der Waals surface area contributed by atoms with E-state index < -0.39 is 0 Å². The van der Waals surface area contributed by atoms with Gasteiger partial charge in [0.1, 0.15) is 17.2 Å². The van der Waals surface area contributed by atoms with Crippen molar-refractivity contribution in [3.05, 3.63) is 48.0 Å². The number of carbonyl (C=O) groups is 1. The van der Waals surface area contributed by atoms with Crippen LogP contribution in [0.2, 0.25) is 0 Å². The third kappa shape index (κ3) is 3.70. The Morgan fingerprint density at radius 3 is 2.54 bits per heavy atom. The molecule has 0 bridgehead atoms. The molecule has 2 unspecified atom stereocenters. The molecule has 0 radical (unpaired) electrons. The predicted molar refractivity (Wildman–Crippen MR) is 96.3 cm³/mol. The van der Waals surface area contributed by atoms with Crippen LogP contribution in [0.15, 0.2) is 36.7 Å². The SMILES string of the molecule is Cc1ccc(OC2CC3CN(CC(=O)c4ccc(O)cn4)CC3C2)cn1. The van der Waals surface area contributed by atoms with E-state index in [1.807, 2.05) is 19.1 Å². The highest BCUT2D eigenvalue weighted by atomic mass is 16.5. The highest BCUT2D eigenvalue weighted by Gasteiger charge is 2.42. The Kier molecular flexibility index (Phi) is 4.59. The number of hydrogen-bond donors (Lipinski definition) is 1. The third-order valence-corrected chi connectivity index (χ3v) is 5.37. The highest BCUT2D eigenvalue weighted by Crippen LogP contribution is 2.39. The fourth-order valence-corrected chi connectivity index (χ4v) is 4.12. The van der Waals surface area contributed by atoms with Crippen molar-refractivity contribution in [2.24, 2.45) is 11.8 Å². The topological polar surface area (TPSA) is 75.5 Å². The molecule has 26 heavy (non-hydrogen) atoms. The van der Waals surface area contributed by atoms with Gasteiger partial charge < -0.3 is 9.84 Å². The predicted octanol–water partition coefficient (Wildman–Crippen LogP) is 2.46. The van der Waals surface area contributed by atoms with E-state index in [-0.39, 0.29) is 17.6 Å². The minimum atomic E-state index is 0.00324. The first kappa shape index (κ1) is 17.0. The maximum Gasteiger partial charge on any atom is 0.195 e. The van der Waals surface area contributed by atoms with E-state index in [0.29, 0.717) is 24.1 Å². The van der Waals surface area contributed by atoms with Gasteiger partial charge in [0.15, 0.2) is 5.78 Å². The molecule has 1 saturated carbocycles. The number of ketones is 1. The molecule has 4 rings (SSSR count). The zero-order valence-electron chi connectivity index (χ0n) is 14.8. The molecule has 0 aromatic carbocycles. The molecular formula is C20H23N3O3. The van der Waals surface area contributed by atoms with Crippen molar-refractivity contribution < 1.29 is 14.6 Å². The van der Waals surface area contributed by atoms with E-state index in [2.05, 4.69) is 14.9 Å². The molecule has 136 valence electrons. The van der Waals surface area contributed by atoms with Crippen molar-refractivity contribution >= 4 is 5.78 Å². The molecule has 2 atom stereocenters. The monoisotopic (exact) mass is 353 g/mol. The van der Waals surface area contributed by atoms with Crippen molar-refractivity contribution in [3.63, 3.8) is 0 Å². The first-order chi connectivity index (χ1) is 12.6. The number of pyridine rings is 2. The average Bonchev–Trinajstić information content (AvgIpc) is 3.15. The lowest BCUT2D eigenvalue weighted by molar-refractivity contribution is 0.0931. The Morgan fingerprint density at radius 1 is 1.15 bits per heavy atom. The molecule has 1 N–H and O–H groups in total. The first-order valence-electron chi connectivity index (χ1n) is 9.06. The van der Waals surface area contributed by atoms with Gasteiger partial charge in [0.25, 0.3) is 0 Å². The standard InChI is InChI=1S/C20H23N3O3/c1-13-2-4-17(9-21-13)26-18-6-14-10-23(11-15(14)7-18)12-20(25)19-5-3-16(24)8-22-19/h2-5,8-9,14-15,18,24H,6-7,10-12H2,1H3. The number of nitrogens with zero attached hydrogens (tertiary/aromatic N) is 3. The average molecular weight is 353 g/mol. The summed E-state index contributed by atoms with van der Waals surface area (Å²) in [5, 5.41) is 9.28. The zero-order valence-corrected chi connectivity index (χ0v) is 14.8. The van der Waals surface area contributed by atoms with Crippen LogP contribution in [0.3, 0.4) is 0 Å². The number of rotatable bonds is 5. The number of hydrogen-bond acceptors (Lipinski definition) is 6. The number of aromatic nitrogens is 2. The van der Waals surface area contributed by atoms with E-state index in [1.54, 1.807) is 12.3 Å². The summed E-state index contributed by atoms with van der Waals surface area (Å²) in [5.41, 5.74) is 1.40. The largest absolute Gasteiger partial charge is 0.506 e. The number of carbonyl (C=O) groups excluding carboxylic acids is 1. The van der Waals surface area contributed by atoms with E-state index in [0.717, 1.165) is 37.4 Å². The van der Waals surface area contributed by atoms with Gasteiger partial charge in [-0.2, -0.15) is 0 Å². The van der Waals surface area contributed by atoms with Crippen LogP contribution >= 0.6 is 0 Å². The van der Waals surface area contributed by atoms with Crippen LogP contribution < -0.4 is 4.74 Å². The Bertz CT molecular complexity index is 762. The van der Waals surface area contributed by atoms with Gasteiger partial charge in [-0.15, -0.1) is 0 Å². The third-order valence-electron chi connectivity index (χ3n) is 5.37. The molecule has 2 aromatic rings. The Hall–Kier alpha value is -2.47. The van der Waals surface area contributed by atoms with Crippen molar-refractivity contribution in [3.8, 4) is 11.5 Å². The Morgan fingerprint density at radius 2 is 1.92 bits per heavy atom. The zero-order chi connectivity index (χ0) is 18.1. The number of ether oxygens (including phenoxy) is 1. The van der Waals surface area contributed by atoms with E-state index in [1.165, 1.54) is 12.3 Å². The summed E-state index contributed by atoms with van der Waals surface area (Å²) in [6.45, 7) is 4.21. The van der Waals surface area contributed by atoms with E-state index in [4.69, 9.17) is 4.74 Å². The molecule has 0 amide bonds. The van der Waals surface area contributed by atoms with Crippen LogP contribution in [0, 0.1) is 18.8 Å². The number of Topliss-reactive ketones (excluding diaryl/α,β-unsaturated/α-hetero) is 1. The van der Waals surface area contributed by atoms with Gasteiger partial charge in [-0.25, -0.2) is 4.98 Å². The molecule has 3 heterocycles. The van der Waals surface area contributed by atoms with Gasteiger partial charge in [-0.05, 0) is 55.9 Å². The second-order valence-electron chi connectivity index (χ2n) is 7.39. The second kappa shape index (κ2) is 7.03. The summed E-state index contributed by atoms with van der Waals surface area (Å²) in [7, 11) is 0. The normalized spacial score (nSPS) is 25.2. The summed E-state index contributed by atoms with van der Waals surface area (Å²) >= 11 is 0. The quantitative estimate of drug-likeness (QED) is 0.832. The fourth-order valence-electron chi connectivity index (χ4n) is 4.12. The fraction of sp³-hybridized carbons (Fsp3) is 0.450. The van der Waals surface area contributed by atoms with Crippen LogP contribution in [0.1, 0.15) is 29.0 Å². The van der Waals surface area contributed by atoms with Gasteiger partial charge in [0.2, 0.25) is 0 Å². The minimum absolute atomic E-state index is 0.00324. The van der Waals surface area contributed by atoms with E-state index >= 15 is 0 Å². The van der Waals surface area contributed by atoms with Crippen LogP contribution in [0.4, 0.5) is 0 Å². The van der Waals surface area contributed by atoms with Gasteiger partial charge in [-0.1, -0.05) is 0 Å². The molecule has 1 saturated heterocycles. The number of fused-ring (bicyclic) bond motifs is 1. The van der Waals surface area contributed by atoms with Crippen LogP contribution in [-0.4, -0.2) is 51.5 Å². The maximum absolute atomic E-state index is 12.3. The minimum Gasteiger partial charge on any atom is -0.506 e. The molecule has 0 spiro atoms. The number of likely N-dealkylation sites (tertiary alicyclic amines) is 1. The molecule has 6 heteroatoms. The summed E-state index contributed by atoms with van der Waals surface area (Å²) in [5.74, 6) is 2.08. The summed E-state index contributed by atoms with van der Waals surface area (Å²) < 4.78 is 6.08. The first-order valence-corrected chi connectivity index (χ1v) is 9.06. The molecule has 2 aliphatic rings.